The highest BCUT2D eigenvalue weighted by atomic mass is 32.2. The second-order valence-electron chi connectivity index (χ2n) is 5.37. The lowest BCUT2D eigenvalue weighted by Crippen LogP contribution is -2.47. The van der Waals surface area contributed by atoms with Crippen LogP contribution >= 0.6 is 0 Å². The zero-order chi connectivity index (χ0) is 14.5. The fourth-order valence-corrected chi connectivity index (χ4v) is 3.80. The molecule has 0 radical (unpaired) electrons. The fourth-order valence-electron chi connectivity index (χ4n) is 2.35. The molecule has 1 aliphatic rings. The van der Waals surface area contributed by atoms with Crippen molar-refractivity contribution in [2.24, 2.45) is 5.92 Å². The SMILES string of the molecule is C=C(C)CN(C)S(=O)(=O)N1CCC(CNCC)CC1. The molecule has 112 valence electrons. The summed E-state index contributed by atoms with van der Waals surface area (Å²) in [6.07, 6.45) is 1.88. The lowest BCUT2D eigenvalue weighted by atomic mass is 9.98. The second-order valence-corrected chi connectivity index (χ2v) is 7.41. The number of hydrogen-bond donors (Lipinski definition) is 1. The molecule has 0 aromatic carbocycles. The number of nitrogens with zero attached hydrogens (tertiary/aromatic N) is 2. The molecule has 1 heterocycles. The van der Waals surface area contributed by atoms with Crippen LogP contribution in [0, 0.1) is 5.92 Å². The van der Waals surface area contributed by atoms with Gasteiger partial charge in [-0.05, 0) is 38.8 Å². The van der Waals surface area contributed by atoms with Gasteiger partial charge in [-0.3, -0.25) is 0 Å². The average Bonchev–Trinajstić information content (AvgIpc) is 2.36. The Morgan fingerprint density at radius 1 is 1.42 bits per heavy atom. The predicted molar refractivity (Wildman–Crippen MR) is 79.2 cm³/mol. The van der Waals surface area contributed by atoms with E-state index in [1.165, 1.54) is 4.31 Å². The van der Waals surface area contributed by atoms with Crippen molar-refractivity contribution in [1.82, 2.24) is 13.9 Å². The van der Waals surface area contributed by atoms with Crippen molar-refractivity contribution in [2.75, 3.05) is 39.8 Å². The predicted octanol–water partition coefficient (Wildman–Crippen LogP) is 1.06. The van der Waals surface area contributed by atoms with Crippen LogP contribution in [0.25, 0.3) is 0 Å². The van der Waals surface area contributed by atoms with Crippen LogP contribution < -0.4 is 5.32 Å². The third-order valence-electron chi connectivity index (χ3n) is 3.47. The van der Waals surface area contributed by atoms with Gasteiger partial charge < -0.3 is 5.32 Å². The summed E-state index contributed by atoms with van der Waals surface area (Å²) >= 11 is 0. The van der Waals surface area contributed by atoms with Crippen molar-refractivity contribution in [3.63, 3.8) is 0 Å². The number of likely N-dealkylation sites (N-methyl/N-ethyl adjacent to an activating group) is 1. The van der Waals surface area contributed by atoms with Crippen molar-refractivity contribution in [3.8, 4) is 0 Å². The molecular weight excluding hydrogens is 262 g/mol. The Kier molecular flexibility index (Phi) is 6.46. The first-order chi connectivity index (χ1) is 8.87. The minimum Gasteiger partial charge on any atom is -0.317 e. The quantitative estimate of drug-likeness (QED) is 0.713. The van der Waals surface area contributed by atoms with Crippen LogP contribution in [0.2, 0.25) is 0 Å². The lowest BCUT2D eigenvalue weighted by molar-refractivity contribution is 0.256. The maximum Gasteiger partial charge on any atom is 0.282 e. The van der Waals surface area contributed by atoms with Gasteiger partial charge in [-0.15, -0.1) is 0 Å². The molecule has 0 aromatic heterocycles. The van der Waals surface area contributed by atoms with Crippen LogP contribution in [0.1, 0.15) is 26.7 Å². The molecule has 0 atom stereocenters. The molecule has 0 unspecified atom stereocenters. The van der Waals surface area contributed by atoms with Gasteiger partial charge in [0.25, 0.3) is 10.2 Å². The van der Waals surface area contributed by atoms with Gasteiger partial charge in [0.05, 0.1) is 0 Å². The van der Waals surface area contributed by atoms with E-state index < -0.39 is 10.2 Å². The normalized spacial score (nSPS) is 18.9. The van der Waals surface area contributed by atoms with E-state index in [0.717, 1.165) is 31.5 Å². The molecule has 6 heteroatoms. The summed E-state index contributed by atoms with van der Waals surface area (Å²) in [5.74, 6) is 0.595. The molecule has 19 heavy (non-hydrogen) atoms. The summed E-state index contributed by atoms with van der Waals surface area (Å²) in [6, 6.07) is 0. The number of hydrogen-bond acceptors (Lipinski definition) is 3. The Balaban J connectivity index is 2.51. The van der Waals surface area contributed by atoms with E-state index in [2.05, 4.69) is 18.8 Å². The van der Waals surface area contributed by atoms with Crippen LogP contribution in [0.3, 0.4) is 0 Å². The molecule has 1 N–H and O–H groups in total. The molecule has 0 saturated carbocycles. The van der Waals surface area contributed by atoms with Crippen molar-refractivity contribution < 1.29 is 8.42 Å². The molecule has 0 bridgehead atoms. The van der Waals surface area contributed by atoms with E-state index >= 15 is 0 Å². The van der Waals surface area contributed by atoms with Crippen LogP contribution in [-0.4, -0.2) is 56.8 Å². The Labute approximate surface area is 117 Å². The Bertz CT molecular complexity index is 387. The van der Waals surface area contributed by atoms with Crippen LogP contribution in [0.4, 0.5) is 0 Å². The zero-order valence-corrected chi connectivity index (χ0v) is 13.2. The van der Waals surface area contributed by atoms with Gasteiger partial charge in [-0.1, -0.05) is 19.1 Å². The van der Waals surface area contributed by atoms with Gasteiger partial charge in [-0.25, -0.2) is 0 Å². The maximum atomic E-state index is 12.3. The number of rotatable bonds is 7. The fraction of sp³-hybridized carbons (Fsp3) is 0.846. The molecular formula is C13H27N3O2S. The maximum absolute atomic E-state index is 12.3. The largest absolute Gasteiger partial charge is 0.317 e. The third-order valence-corrected chi connectivity index (χ3v) is 5.40. The molecule has 0 amide bonds. The summed E-state index contributed by atoms with van der Waals surface area (Å²) in [5.41, 5.74) is 0.855. The molecule has 1 fully saturated rings. The van der Waals surface area contributed by atoms with E-state index in [0.29, 0.717) is 25.6 Å². The van der Waals surface area contributed by atoms with Crippen molar-refractivity contribution in [1.29, 1.82) is 0 Å². The highest BCUT2D eigenvalue weighted by molar-refractivity contribution is 7.86. The number of nitrogens with one attached hydrogen (secondary N) is 1. The summed E-state index contributed by atoms with van der Waals surface area (Å²) in [5, 5.41) is 3.33. The standard InChI is InChI=1S/C13H27N3O2S/c1-5-14-10-13-6-8-16(9-7-13)19(17,18)15(4)11-12(2)3/h13-14H,2,5-11H2,1,3-4H3. The highest BCUT2D eigenvalue weighted by Gasteiger charge is 2.30. The molecule has 1 rings (SSSR count). The zero-order valence-electron chi connectivity index (χ0n) is 12.4. The first-order valence-corrected chi connectivity index (χ1v) is 8.34. The molecule has 0 spiro atoms. The first kappa shape index (κ1) is 16.6. The Morgan fingerprint density at radius 2 is 2.00 bits per heavy atom. The summed E-state index contributed by atoms with van der Waals surface area (Å²) in [4.78, 5) is 0. The minimum absolute atomic E-state index is 0.389. The van der Waals surface area contributed by atoms with Crippen LogP contribution in [0.15, 0.2) is 12.2 Å². The average molecular weight is 289 g/mol. The van der Waals surface area contributed by atoms with Gasteiger partial charge in [0.15, 0.2) is 0 Å². The second kappa shape index (κ2) is 7.38. The minimum atomic E-state index is -3.32. The molecule has 0 aliphatic carbocycles. The number of piperidine rings is 1. The smallest absolute Gasteiger partial charge is 0.282 e. The van der Waals surface area contributed by atoms with Crippen molar-refractivity contribution in [2.45, 2.75) is 26.7 Å². The first-order valence-electron chi connectivity index (χ1n) is 6.94. The van der Waals surface area contributed by atoms with Crippen molar-refractivity contribution >= 4 is 10.2 Å². The van der Waals surface area contributed by atoms with Gasteiger partial charge in [0, 0.05) is 26.7 Å². The van der Waals surface area contributed by atoms with E-state index in [1.54, 1.807) is 11.4 Å². The third kappa shape index (κ3) is 4.87. The van der Waals surface area contributed by atoms with E-state index in [4.69, 9.17) is 0 Å². The molecule has 1 aliphatic heterocycles. The summed E-state index contributed by atoms with van der Waals surface area (Å²) < 4.78 is 27.7. The van der Waals surface area contributed by atoms with Gasteiger partial charge in [-0.2, -0.15) is 17.0 Å². The van der Waals surface area contributed by atoms with Gasteiger partial charge >= 0.3 is 0 Å². The molecule has 5 nitrogen and oxygen atoms in total. The van der Waals surface area contributed by atoms with Crippen LogP contribution in [0.5, 0.6) is 0 Å². The van der Waals surface area contributed by atoms with Gasteiger partial charge in [0.1, 0.15) is 0 Å². The van der Waals surface area contributed by atoms with E-state index in [1.807, 2.05) is 6.92 Å². The van der Waals surface area contributed by atoms with Crippen LogP contribution in [-0.2, 0) is 10.2 Å². The molecule has 1 saturated heterocycles. The topological polar surface area (TPSA) is 52.7 Å². The lowest BCUT2D eigenvalue weighted by Gasteiger charge is -2.33. The van der Waals surface area contributed by atoms with E-state index in [9.17, 15) is 8.42 Å². The molecule has 0 aromatic rings. The van der Waals surface area contributed by atoms with E-state index in [-0.39, 0.29) is 0 Å². The highest BCUT2D eigenvalue weighted by Crippen LogP contribution is 2.20. The van der Waals surface area contributed by atoms with Crippen molar-refractivity contribution in [3.05, 3.63) is 12.2 Å². The Hall–Kier alpha value is -0.430. The summed E-state index contributed by atoms with van der Waals surface area (Å²) in [7, 11) is -1.70. The summed E-state index contributed by atoms with van der Waals surface area (Å²) in [6.45, 7) is 11.3. The monoisotopic (exact) mass is 289 g/mol. The Morgan fingerprint density at radius 3 is 2.47 bits per heavy atom. The van der Waals surface area contributed by atoms with Gasteiger partial charge in [0.2, 0.25) is 0 Å².